The lowest BCUT2D eigenvalue weighted by atomic mass is 10.1. The molecule has 1 amide bonds. The summed E-state index contributed by atoms with van der Waals surface area (Å²) in [4.78, 5) is 12.5. The number of rotatable bonds is 5. The second kappa shape index (κ2) is 7.70. The molecule has 0 spiro atoms. The van der Waals surface area contributed by atoms with E-state index in [0.29, 0.717) is 11.4 Å². The van der Waals surface area contributed by atoms with Crippen molar-refractivity contribution in [2.75, 3.05) is 5.32 Å². The van der Waals surface area contributed by atoms with Gasteiger partial charge in [-0.1, -0.05) is 40.2 Å². The Morgan fingerprint density at radius 1 is 1.15 bits per heavy atom. The highest BCUT2D eigenvalue weighted by atomic mass is 79.9. The van der Waals surface area contributed by atoms with E-state index in [1.807, 2.05) is 56.3 Å². The standard InChI is InChI=1S/C19H18BrN3O3/c1-11-5-4-6-16(12(11)2)25-13(3)19(24)21-18-17(22-26-23-18)14-7-9-15(20)10-8-14/h4-10,13H,1-3H3,(H,21,23,24)/t13-/m1/s1. The van der Waals surface area contributed by atoms with E-state index in [9.17, 15) is 4.79 Å². The number of amides is 1. The summed E-state index contributed by atoms with van der Waals surface area (Å²) in [5, 5.41) is 10.4. The maximum absolute atomic E-state index is 12.5. The van der Waals surface area contributed by atoms with Crippen LogP contribution in [0.25, 0.3) is 11.3 Å². The van der Waals surface area contributed by atoms with E-state index in [1.165, 1.54) is 0 Å². The lowest BCUT2D eigenvalue weighted by molar-refractivity contribution is -0.122. The Bertz CT molecular complexity index is 922. The maximum atomic E-state index is 12.5. The monoisotopic (exact) mass is 415 g/mol. The van der Waals surface area contributed by atoms with Crippen molar-refractivity contribution in [2.24, 2.45) is 0 Å². The van der Waals surface area contributed by atoms with Crippen molar-refractivity contribution in [3.63, 3.8) is 0 Å². The average molecular weight is 416 g/mol. The molecule has 3 rings (SSSR count). The van der Waals surface area contributed by atoms with Gasteiger partial charge < -0.3 is 10.1 Å². The molecule has 0 saturated heterocycles. The molecule has 3 aromatic rings. The van der Waals surface area contributed by atoms with Gasteiger partial charge in [0.25, 0.3) is 5.91 Å². The number of halogens is 1. The normalized spacial score (nSPS) is 11.8. The Balaban J connectivity index is 1.73. The van der Waals surface area contributed by atoms with E-state index < -0.39 is 6.10 Å². The molecule has 1 atom stereocenters. The zero-order valence-corrected chi connectivity index (χ0v) is 16.2. The fourth-order valence-corrected chi connectivity index (χ4v) is 2.65. The molecular weight excluding hydrogens is 398 g/mol. The minimum Gasteiger partial charge on any atom is -0.481 e. The van der Waals surface area contributed by atoms with E-state index >= 15 is 0 Å². The molecule has 0 radical (unpaired) electrons. The Labute approximate surface area is 159 Å². The van der Waals surface area contributed by atoms with Gasteiger partial charge in [-0.2, -0.15) is 0 Å². The van der Waals surface area contributed by atoms with Crippen LogP contribution in [0.3, 0.4) is 0 Å². The molecule has 0 fully saturated rings. The molecule has 134 valence electrons. The summed E-state index contributed by atoms with van der Waals surface area (Å²) in [5.74, 6) is 0.604. The number of aromatic nitrogens is 2. The first-order valence-corrected chi connectivity index (χ1v) is 8.87. The quantitative estimate of drug-likeness (QED) is 0.662. The van der Waals surface area contributed by atoms with E-state index in [-0.39, 0.29) is 11.7 Å². The molecule has 0 bridgehead atoms. The lowest BCUT2D eigenvalue weighted by Gasteiger charge is -2.16. The summed E-state index contributed by atoms with van der Waals surface area (Å²) in [6.07, 6.45) is -0.704. The van der Waals surface area contributed by atoms with Gasteiger partial charge in [-0.3, -0.25) is 4.79 Å². The number of nitrogens with zero attached hydrogens (tertiary/aromatic N) is 2. The average Bonchev–Trinajstić information content (AvgIpc) is 3.07. The summed E-state index contributed by atoms with van der Waals surface area (Å²) in [7, 11) is 0. The first-order chi connectivity index (χ1) is 12.5. The Hall–Kier alpha value is -2.67. The first kappa shape index (κ1) is 18.1. The third-order valence-corrected chi connectivity index (χ3v) is 4.60. The van der Waals surface area contributed by atoms with E-state index in [2.05, 4.69) is 31.6 Å². The van der Waals surface area contributed by atoms with Crippen LogP contribution < -0.4 is 10.1 Å². The number of nitrogens with one attached hydrogen (secondary N) is 1. The SMILES string of the molecule is Cc1cccc(O[C@H](C)C(=O)Nc2nonc2-c2ccc(Br)cc2)c1C. The Morgan fingerprint density at radius 3 is 2.62 bits per heavy atom. The molecule has 2 aromatic carbocycles. The number of carbonyl (C=O) groups excluding carboxylic acids is 1. The van der Waals surface area contributed by atoms with Gasteiger partial charge in [-0.05, 0) is 60.4 Å². The second-order valence-electron chi connectivity index (χ2n) is 5.92. The highest BCUT2D eigenvalue weighted by molar-refractivity contribution is 9.10. The van der Waals surface area contributed by atoms with Crippen molar-refractivity contribution < 1.29 is 14.2 Å². The van der Waals surface area contributed by atoms with E-state index in [1.54, 1.807) is 6.92 Å². The predicted molar refractivity (Wildman–Crippen MR) is 102 cm³/mol. The topological polar surface area (TPSA) is 77.2 Å². The summed E-state index contributed by atoms with van der Waals surface area (Å²) in [6, 6.07) is 13.2. The Kier molecular flexibility index (Phi) is 5.37. The smallest absolute Gasteiger partial charge is 0.266 e. The van der Waals surface area contributed by atoms with Crippen LogP contribution in [0, 0.1) is 13.8 Å². The fourth-order valence-electron chi connectivity index (χ4n) is 2.38. The van der Waals surface area contributed by atoms with Crippen LogP contribution in [-0.2, 0) is 4.79 Å². The molecule has 7 heteroatoms. The lowest BCUT2D eigenvalue weighted by Crippen LogP contribution is -2.30. The van der Waals surface area contributed by atoms with Crippen LogP contribution in [0.2, 0.25) is 0 Å². The number of anilines is 1. The second-order valence-corrected chi connectivity index (χ2v) is 6.83. The molecule has 0 unspecified atom stereocenters. The molecule has 26 heavy (non-hydrogen) atoms. The minimum absolute atomic E-state index is 0.258. The van der Waals surface area contributed by atoms with Crippen LogP contribution >= 0.6 is 15.9 Å². The molecule has 0 saturated carbocycles. The number of benzene rings is 2. The number of ether oxygens (including phenoxy) is 1. The highest BCUT2D eigenvalue weighted by Crippen LogP contribution is 2.26. The third-order valence-electron chi connectivity index (χ3n) is 4.08. The van der Waals surface area contributed by atoms with Crippen LogP contribution in [0.5, 0.6) is 5.75 Å². The van der Waals surface area contributed by atoms with Crippen molar-refractivity contribution in [3.8, 4) is 17.0 Å². The maximum Gasteiger partial charge on any atom is 0.266 e. The summed E-state index contributed by atoms with van der Waals surface area (Å²) < 4.78 is 11.5. The van der Waals surface area contributed by atoms with Crippen molar-refractivity contribution in [2.45, 2.75) is 26.9 Å². The van der Waals surface area contributed by atoms with Gasteiger partial charge in [0.1, 0.15) is 5.75 Å². The number of aryl methyl sites for hydroxylation is 1. The Morgan fingerprint density at radius 2 is 1.88 bits per heavy atom. The van der Waals surface area contributed by atoms with E-state index in [4.69, 9.17) is 9.37 Å². The number of carbonyl (C=O) groups is 1. The minimum atomic E-state index is -0.704. The molecular formula is C19H18BrN3O3. The summed E-state index contributed by atoms with van der Waals surface area (Å²) in [5.41, 5.74) is 3.36. The summed E-state index contributed by atoms with van der Waals surface area (Å²) >= 11 is 3.38. The molecule has 6 nitrogen and oxygen atoms in total. The molecule has 1 aromatic heterocycles. The van der Waals surface area contributed by atoms with Crippen molar-refractivity contribution in [1.29, 1.82) is 0 Å². The molecule has 1 heterocycles. The number of hydrogen-bond donors (Lipinski definition) is 1. The zero-order chi connectivity index (χ0) is 18.7. The zero-order valence-electron chi connectivity index (χ0n) is 14.6. The predicted octanol–water partition coefficient (Wildman–Crippen LogP) is 4.52. The van der Waals surface area contributed by atoms with Crippen LogP contribution in [0.4, 0.5) is 5.82 Å². The van der Waals surface area contributed by atoms with Gasteiger partial charge >= 0.3 is 0 Å². The molecule has 1 N–H and O–H groups in total. The van der Waals surface area contributed by atoms with Gasteiger partial charge in [0.05, 0.1) is 0 Å². The highest BCUT2D eigenvalue weighted by Gasteiger charge is 2.21. The van der Waals surface area contributed by atoms with E-state index in [0.717, 1.165) is 21.2 Å². The number of hydrogen-bond acceptors (Lipinski definition) is 5. The van der Waals surface area contributed by atoms with Crippen molar-refractivity contribution in [3.05, 3.63) is 58.1 Å². The van der Waals surface area contributed by atoms with Gasteiger partial charge in [-0.15, -0.1) is 0 Å². The van der Waals surface area contributed by atoms with Crippen molar-refractivity contribution in [1.82, 2.24) is 10.3 Å². The first-order valence-electron chi connectivity index (χ1n) is 8.08. The van der Waals surface area contributed by atoms with Gasteiger partial charge in [-0.25, -0.2) is 4.63 Å². The largest absolute Gasteiger partial charge is 0.481 e. The van der Waals surface area contributed by atoms with Crippen LogP contribution in [-0.4, -0.2) is 22.3 Å². The van der Waals surface area contributed by atoms with Gasteiger partial charge in [0, 0.05) is 10.0 Å². The fraction of sp³-hybridized carbons (Fsp3) is 0.211. The van der Waals surface area contributed by atoms with Crippen molar-refractivity contribution >= 4 is 27.7 Å². The van der Waals surface area contributed by atoms with Crippen LogP contribution in [0.1, 0.15) is 18.1 Å². The molecule has 0 aliphatic rings. The third kappa shape index (κ3) is 3.94. The van der Waals surface area contributed by atoms with Gasteiger partial charge in [0.15, 0.2) is 11.8 Å². The molecule has 0 aliphatic heterocycles. The van der Waals surface area contributed by atoms with Gasteiger partial charge in [0.2, 0.25) is 5.82 Å². The van der Waals surface area contributed by atoms with Crippen LogP contribution in [0.15, 0.2) is 51.6 Å². The molecule has 0 aliphatic carbocycles. The summed E-state index contributed by atoms with van der Waals surface area (Å²) in [6.45, 7) is 5.64.